The minimum absolute atomic E-state index is 0.237. The molecule has 66 valence electrons. The summed E-state index contributed by atoms with van der Waals surface area (Å²) in [5.74, 6) is 5.02. The Balaban J connectivity index is 2.98. The van der Waals surface area contributed by atoms with E-state index in [0.29, 0.717) is 11.0 Å². The molecule has 0 saturated heterocycles. The fourth-order valence-electron chi connectivity index (χ4n) is 0.766. The molecule has 0 bridgehead atoms. The Morgan fingerprint density at radius 2 is 2.38 bits per heavy atom. The van der Waals surface area contributed by atoms with E-state index in [1.54, 1.807) is 18.2 Å². The van der Waals surface area contributed by atoms with Gasteiger partial charge < -0.3 is 5.73 Å². The number of alkyl halides is 1. The molecule has 1 rings (SSSR count). The number of primary amides is 1. The zero-order valence-corrected chi connectivity index (χ0v) is 8.34. The van der Waals surface area contributed by atoms with Crippen LogP contribution in [-0.4, -0.2) is 16.2 Å². The van der Waals surface area contributed by atoms with Gasteiger partial charge in [-0.15, -0.1) is 0 Å². The number of rotatable bonds is 1. The van der Waals surface area contributed by atoms with Crippen molar-refractivity contribution < 1.29 is 4.79 Å². The van der Waals surface area contributed by atoms with Crippen molar-refractivity contribution in [1.29, 1.82) is 0 Å². The van der Waals surface area contributed by atoms with Gasteiger partial charge in [0.25, 0.3) is 5.91 Å². The number of amides is 1. The summed E-state index contributed by atoms with van der Waals surface area (Å²) in [4.78, 5) is 14.7. The number of nitrogens with zero attached hydrogens (tertiary/aromatic N) is 1. The lowest BCUT2D eigenvalue weighted by Gasteiger charge is -1.93. The highest BCUT2D eigenvalue weighted by Gasteiger charge is 2.00. The average molecular weight is 239 g/mol. The number of hydrogen-bond donors (Lipinski definition) is 1. The van der Waals surface area contributed by atoms with Crippen molar-refractivity contribution in [3.63, 3.8) is 0 Å². The lowest BCUT2D eigenvalue weighted by Crippen LogP contribution is -2.13. The van der Waals surface area contributed by atoms with Gasteiger partial charge in [-0.3, -0.25) is 4.79 Å². The third-order valence-electron chi connectivity index (χ3n) is 1.28. The van der Waals surface area contributed by atoms with Crippen molar-refractivity contribution in [1.82, 2.24) is 4.98 Å². The summed E-state index contributed by atoms with van der Waals surface area (Å²) in [6.45, 7) is 0. The van der Waals surface area contributed by atoms with Crippen molar-refractivity contribution >= 4 is 21.8 Å². The van der Waals surface area contributed by atoms with Gasteiger partial charge in [0.05, 0.1) is 5.33 Å². The summed E-state index contributed by atoms with van der Waals surface area (Å²) in [5.41, 5.74) is 5.84. The molecule has 0 radical (unpaired) electrons. The Morgan fingerprint density at radius 3 is 3.00 bits per heavy atom. The molecule has 3 nitrogen and oxygen atoms in total. The van der Waals surface area contributed by atoms with Gasteiger partial charge in [-0.1, -0.05) is 27.9 Å². The van der Waals surface area contributed by atoms with Crippen LogP contribution in [0.1, 0.15) is 16.2 Å². The summed E-state index contributed by atoms with van der Waals surface area (Å²) in [6.07, 6.45) is 0. The van der Waals surface area contributed by atoms with E-state index in [1.807, 2.05) is 0 Å². The number of halogens is 1. The van der Waals surface area contributed by atoms with Crippen LogP contribution in [0.4, 0.5) is 0 Å². The van der Waals surface area contributed by atoms with Gasteiger partial charge in [-0.05, 0) is 18.1 Å². The van der Waals surface area contributed by atoms with E-state index >= 15 is 0 Å². The fourth-order valence-corrected chi connectivity index (χ4v) is 0.906. The van der Waals surface area contributed by atoms with E-state index in [2.05, 4.69) is 32.8 Å². The number of carbonyl (C=O) groups excluding carboxylic acids is 1. The van der Waals surface area contributed by atoms with Gasteiger partial charge in [0, 0.05) is 0 Å². The van der Waals surface area contributed by atoms with Crippen LogP contribution in [0.25, 0.3) is 0 Å². The maximum Gasteiger partial charge on any atom is 0.267 e. The molecule has 0 spiro atoms. The van der Waals surface area contributed by atoms with E-state index in [4.69, 9.17) is 5.73 Å². The van der Waals surface area contributed by atoms with Crippen molar-refractivity contribution in [3.8, 4) is 11.8 Å². The topological polar surface area (TPSA) is 56.0 Å². The molecule has 0 aromatic carbocycles. The second-order valence-electron chi connectivity index (χ2n) is 2.21. The van der Waals surface area contributed by atoms with E-state index in [-0.39, 0.29) is 5.69 Å². The predicted octanol–water partition coefficient (Wildman–Crippen LogP) is 0.927. The summed E-state index contributed by atoms with van der Waals surface area (Å²) in [5, 5.41) is 0.579. The van der Waals surface area contributed by atoms with Gasteiger partial charge in [0.1, 0.15) is 11.4 Å². The molecule has 1 aromatic heterocycles. The molecule has 0 aliphatic heterocycles. The van der Waals surface area contributed by atoms with E-state index in [1.165, 1.54) is 0 Å². The van der Waals surface area contributed by atoms with Crippen molar-refractivity contribution in [2.45, 2.75) is 0 Å². The van der Waals surface area contributed by atoms with E-state index in [9.17, 15) is 4.79 Å². The lowest BCUT2D eigenvalue weighted by molar-refractivity contribution is 0.0995. The smallest absolute Gasteiger partial charge is 0.267 e. The molecule has 1 amide bonds. The third-order valence-corrected chi connectivity index (χ3v) is 1.57. The molecular weight excluding hydrogens is 232 g/mol. The van der Waals surface area contributed by atoms with Crippen LogP contribution in [0, 0.1) is 11.8 Å². The summed E-state index contributed by atoms with van der Waals surface area (Å²) >= 11 is 3.16. The quantitative estimate of drug-likeness (QED) is 0.585. The third kappa shape index (κ3) is 2.88. The number of nitrogens with two attached hydrogens (primary N) is 1. The molecule has 0 saturated carbocycles. The van der Waals surface area contributed by atoms with Crippen molar-refractivity contribution in [3.05, 3.63) is 29.6 Å². The number of carbonyl (C=O) groups is 1. The first-order chi connectivity index (χ1) is 6.24. The Labute approximate surface area is 84.5 Å². The molecule has 0 aliphatic rings. The van der Waals surface area contributed by atoms with Crippen LogP contribution in [0.15, 0.2) is 18.2 Å². The monoisotopic (exact) mass is 238 g/mol. The minimum Gasteiger partial charge on any atom is -0.364 e. The normalized spacial score (nSPS) is 8.69. The molecule has 1 heterocycles. The Bertz CT molecular complexity index is 379. The molecule has 0 fully saturated rings. The summed E-state index contributed by atoms with van der Waals surface area (Å²) < 4.78 is 0. The van der Waals surface area contributed by atoms with Crippen molar-refractivity contribution in [2.24, 2.45) is 5.73 Å². The minimum atomic E-state index is -0.539. The number of aromatic nitrogens is 1. The molecule has 1 aromatic rings. The molecule has 0 atom stereocenters. The highest BCUT2D eigenvalue weighted by molar-refractivity contribution is 9.09. The first kappa shape index (κ1) is 9.75. The van der Waals surface area contributed by atoms with Gasteiger partial charge in [-0.2, -0.15) is 0 Å². The fraction of sp³-hybridized carbons (Fsp3) is 0.111. The summed E-state index contributed by atoms with van der Waals surface area (Å²) in [7, 11) is 0. The molecule has 13 heavy (non-hydrogen) atoms. The Hall–Kier alpha value is -1.34. The first-order valence-corrected chi connectivity index (χ1v) is 4.68. The first-order valence-electron chi connectivity index (χ1n) is 3.55. The van der Waals surface area contributed by atoms with Gasteiger partial charge in [0.15, 0.2) is 0 Å². The molecule has 4 heteroatoms. The Kier molecular flexibility index (Phi) is 3.47. The molecule has 0 unspecified atom stereocenters. The van der Waals surface area contributed by atoms with Crippen LogP contribution in [0.3, 0.4) is 0 Å². The summed E-state index contributed by atoms with van der Waals surface area (Å²) in [6, 6.07) is 4.98. The SMILES string of the molecule is NC(=O)c1cccc(C#CCBr)n1. The zero-order chi connectivity index (χ0) is 9.68. The van der Waals surface area contributed by atoms with Crippen LogP contribution in [0.2, 0.25) is 0 Å². The molecule has 2 N–H and O–H groups in total. The van der Waals surface area contributed by atoms with Gasteiger partial charge >= 0.3 is 0 Å². The maximum atomic E-state index is 10.7. The number of pyridine rings is 1. The van der Waals surface area contributed by atoms with E-state index < -0.39 is 5.91 Å². The van der Waals surface area contributed by atoms with Gasteiger partial charge in [-0.25, -0.2) is 4.98 Å². The van der Waals surface area contributed by atoms with Crippen LogP contribution in [0.5, 0.6) is 0 Å². The number of hydrogen-bond acceptors (Lipinski definition) is 2. The highest BCUT2D eigenvalue weighted by Crippen LogP contribution is 1.96. The standard InChI is InChI=1S/C9H7BrN2O/c10-6-2-4-7-3-1-5-8(12-7)9(11)13/h1,3,5H,6H2,(H2,11,13). The Morgan fingerprint density at radius 1 is 1.62 bits per heavy atom. The average Bonchev–Trinajstić information content (AvgIpc) is 2.15. The van der Waals surface area contributed by atoms with Crippen LogP contribution in [-0.2, 0) is 0 Å². The van der Waals surface area contributed by atoms with E-state index in [0.717, 1.165) is 0 Å². The predicted molar refractivity (Wildman–Crippen MR) is 53.4 cm³/mol. The van der Waals surface area contributed by atoms with Gasteiger partial charge in [0.2, 0.25) is 0 Å². The highest BCUT2D eigenvalue weighted by atomic mass is 79.9. The molecule has 0 aliphatic carbocycles. The largest absolute Gasteiger partial charge is 0.364 e. The second kappa shape index (κ2) is 4.63. The van der Waals surface area contributed by atoms with Crippen LogP contribution < -0.4 is 5.73 Å². The van der Waals surface area contributed by atoms with Crippen molar-refractivity contribution in [2.75, 3.05) is 5.33 Å². The maximum absolute atomic E-state index is 10.7. The lowest BCUT2D eigenvalue weighted by atomic mass is 10.3. The zero-order valence-electron chi connectivity index (χ0n) is 6.75. The second-order valence-corrected chi connectivity index (χ2v) is 2.77. The van der Waals surface area contributed by atoms with Crippen LogP contribution >= 0.6 is 15.9 Å². The molecular formula is C9H7BrN2O.